The molecule has 0 spiro atoms. The van der Waals surface area contributed by atoms with Crippen molar-refractivity contribution in [2.75, 3.05) is 33.3 Å². The molecule has 0 bridgehead atoms. The van der Waals surface area contributed by atoms with E-state index in [1.54, 1.807) is 35.6 Å². The van der Waals surface area contributed by atoms with Crippen LogP contribution in [0.1, 0.15) is 25.3 Å². The predicted octanol–water partition coefficient (Wildman–Crippen LogP) is 2.85. The molecule has 0 aromatic heterocycles. The highest BCUT2D eigenvalue weighted by molar-refractivity contribution is 7.89. The Balaban J connectivity index is 1.46. The number of ether oxygens (including phenoxy) is 1. The molecule has 1 fully saturated rings. The minimum absolute atomic E-state index is 0.364. The second-order valence-electron chi connectivity index (χ2n) is 7.51. The van der Waals surface area contributed by atoms with E-state index in [9.17, 15) is 8.42 Å². The lowest BCUT2D eigenvalue weighted by molar-refractivity contribution is 0.273. The first-order valence-corrected chi connectivity index (χ1v) is 12.2. The minimum Gasteiger partial charge on any atom is -0.494 e. The molecule has 0 aliphatic carbocycles. The first-order chi connectivity index (χ1) is 15.0. The molecule has 0 unspecified atom stereocenters. The molecule has 2 aromatic rings. The zero-order valence-electron chi connectivity index (χ0n) is 18.3. The fraction of sp³-hybridized carbons (Fsp3) is 0.435. The smallest absolute Gasteiger partial charge is 0.243 e. The Morgan fingerprint density at radius 1 is 1.06 bits per heavy atom. The Labute approximate surface area is 185 Å². The number of nitrogens with one attached hydrogen (secondary N) is 2. The van der Waals surface area contributed by atoms with E-state index in [-0.39, 0.29) is 0 Å². The molecule has 0 saturated carbocycles. The average molecular weight is 445 g/mol. The average Bonchev–Trinajstić information content (AvgIpc) is 2.81. The van der Waals surface area contributed by atoms with Gasteiger partial charge in [0.2, 0.25) is 10.0 Å². The fourth-order valence-electron chi connectivity index (χ4n) is 3.68. The molecule has 31 heavy (non-hydrogen) atoms. The Bertz CT molecular complexity index is 956. The molecule has 1 saturated heterocycles. The van der Waals surface area contributed by atoms with Crippen LogP contribution in [0, 0.1) is 5.92 Å². The van der Waals surface area contributed by atoms with Crippen LogP contribution in [0.25, 0.3) is 0 Å². The fourth-order valence-corrected chi connectivity index (χ4v) is 5.17. The summed E-state index contributed by atoms with van der Waals surface area (Å²) in [5.41, 5.74) is 1.08. The summed E-state index contributed by atoms with van der Waals surface area (Å²) < 4.78 is 32.8. The van der Waals surface area contributed by atoms with Gasteiger partial charge in [0.1, 0.15) is 5.75 Å². The van der Waals surface area contributed by atoms with E-state index in [1.807, 2.05) is 37.3 Å². The lowest BCUT2D eigenvalue weighted by Crippen LogP contribution is -2.44. The summed E-state index contributed by atoms with van der Waals surface area (Å²) in [6.07, 6.45) is 1.65. The quantitative estimate of drug-likeness (QED) is 0.483. The molecule has 3 rings (SSSR count). The largest absolute Gasteiger partial charge is 0.494 e. The third kappa shape index (κ3) is 6.21. The molecule has 0 radical (unpaired) electrons. The van der Waals surface area contributed by atoms with Gasteiger partial charge in [0.25, 0.3) is 0 Å². The van der Waals surface area contributed by atoms with Crippen molar-refractivity contribution in [2.45, 2.75) is 31.2 Å². The summed E-state index contributed by atoms with van der Waals surface area (Å²) in [6.45, 7) is 5.05. The van der Waals surface area contributed by atoms with Gasteiger partial charge in [-0.15, -0.1) is 0 Å². The SMILES string of the molecule is CCOc1ccccc1CNC(=NC)NCC1CCN(S(=O)(=O)c2ccccc2)CC1. The van der Waals surface area contributed by atoms with Crippen molar-refractivity contribution in [3.8, 4) is 5.75 Å². The molecule has 8 heteroatoms. The molecule has 1 heterocycles. The lowest BCUT2D eigenvalue weighted by Gasteiger charge is -2.31. The van der Waals surface area contributed by atoms with E-state index in [0.29, 0.717) is 37.1 Å². The van der Waals surface area contributed by atoms with Crippen molar-refractivity contribution in [1.82, 2.24) is 14.9 Å². The van der Waals surface area contributed by atoms with Gasteiger partial charge in [-0.2, -0.15) is 4.31 Å². The summed E-state index contributed by atoms with van der Waals surface area (Å²) in [7, 11) is -1.66. The van der Waals surface area contributed by atoms with E-state index in [1.165, 1.54) is 0 Å². The number of piperidine rings is 1. The first kappa shape index (κ1) is 23.1. The monoisotopic (exact) mass is 444 g/mol. The standard InChI is InChI=1S/C23H32N4O3S/c1-3-30-22-12-8-7-9-20(22)18-26-23(24-2)25-17-19-13-15-27(16-14-19)31(28,29)21-10-5-4-6-11-21/h4-12,19H,3,13-18H2,1-2H3,(H2,24,25,26). The zero-order valence-corrected chi connectivity index (χ0v) is 19.1. The van der Waals surface area contributed by atoms with Crippen molar-refractivity contribution in [3.63, 3.8) is 0 Å². The van der Waals surface area contributed by atoms with Crippen LogP contribution in [0.15, 0.2) is 64.5 Å². The van der Waals surface area contributed by atoms with Gasteiger partial charge in [0, 0.05) is 38.8 Å². The van der Waals surface area contributed by atoms with E-state index in [2.05, 4.69) is 15.6 Å². The maximum atomic E-state index is 12.8. The Kier molecular flexibility index (Phi) is 8.31. The zero-order chi connectivity index (χ0) is 22.1. The van der Waals surface area contributed by atoms with Gasteiger partial charge in [0.05, 0.1) is 11.5 Å². The number of rotatable bonds is 8. The van der Waals surface area contributed by atoms with E-state index in [0.717, 1.165) is 36.7 Å². The van der Waals surface area contributed by atoms with Crippen LogP contribution in [0.5, 0.6) is 5.75 Å². The predicted molar refractivity (Wildman–Crippen MR) is 124 cm³/mol. The van der Waals surface area contributed by atoms with Crippen molar-refractivity contribution in [2.24, 2.45) is 10.9 Å². The van der Waals surface area contributed by atoms with Crippen molar-refractivity contribution in [1.29, 1.82) is 0 Å². The van der Waals surface area contributed by atoms with Gasteiger partial charge in [-0.25, -0.2) is 8.42 Å². The summed E-state index contributed by atoms with van der Waals surface area (Å²) >= 11 is 0. The topological polar surface area (TPSA) is 83.0 Å². The van der Waals surface area contributed by atoms with Gasteiger partial charge in [-0.3, -0.25) is 4.99 Å². The number of hydrogen-bond donors (Lipinski definition) is 2. The third-order valence-electron chi connectivity index (χ3n) is 5.46. The van der Waals surface area contributed by atoms with Crippen LogP contribution in [-0.4, -0.2) is 52.0 Å². The van der Waals surface area contributed by atoms with Crippen LogP contribution in [0.2, 0.25) is 0 Å². The molecular weight excluding hydrogens is 412 g/mol. The number of hydrogen-bond acceptors (Lipinski definition) is 4. The van der Waals surface area contributed by atoms with Crippen molar-refractivity contribution >= 4 is 16.0 Å². The second-order valence-corrected chi connectivity index (χ2v) is 9.45. The molecular formula is C23H32N4O3S. The maximum Gasteiger partial charge on any atom is 0.243 e. The number of guanidine groups is 1. The van der Waals surface area contributed by atoms with Crippen molar-refractivity contribution < 1.29 is 13.2 Å². The Hall–Kier alpha value is -2.58. The number of nitrogens with zero attached hydrogens (tertiary/aromatic N) is 2. The summed E-state index contributed by atoms with van der Waals surface area (Å²) in [6, 6.07) is 16.6. The van der Waals surface area contributed by atoms with Crippen LogP contribution in [0.3, 0.4) is 0 Å². The summed E-state index contributed by atoms with van der Waals surface area (Å²) in [4.78, 5) is 4.67. The number of aliphatic imine (C=N–C) groups is 1. The second kappa shape index (κ2) is 11.2. The van der Waals surface area contributed by atoms with Gasteiger partial charge >= 0.3 is 0 Å². The molecule has 0 atom stereocenters. The molecule has 1 aliphatic heterocycles. The van der Waals surface area contributed by atoms with Crippen LogP contribution >= 0.6 is 0 Å². The van der Waals surface area contributed by atoms with Crippen LogP contribution in [0.4, 0.5) is 0 Å². The van der Waals surface area contributed by atoms with E-state index >= 15 is 0 Å². The molecule has 2 N–H and O–H groups in total. The summed E-state index contributed by atoms with van der Waals surface area (Å²) in [5.74, 6) is 2.00. The van der Waals surface area contributed by atoms with E-state index < -0.39 is 10.0 Å². The molecule has 2 aromatic carbocycles. The van der Waals surface area contributed by atoms with E-state index in [4.69, 9.17) is 4.74 Å². The Morgan fingerprint density at radius 3 is 2.42 bits per heavy atom. The van der Waals surface area contributed by atoms with Gasteiger partial charge in [0.15, 0.2) is 5.96 Å². The number of para-hydroxylation sites is 1. The summed E-state index contributed by atoms with van der Waals surface area (Å²) in [5, 5.41) is 6.71. The minimum atomic E-state index is -3.40. The highest BCUT2D eigenvalue weighted by Gasteiger charge is 2.29. The number of benzene rings is 2. The van der Waals surface area contributed by atoms with Crippen molar-refractivity contribution in [3.05, 3.63) is 60.2 Å². The molecule has 0 amide bonds. The molecule has 1 aliphatic rings. The lowest BCUT2D eigenvalue weighted by atomic mass is 9.98. The normalized spacial score (nSPS) is 16.1. The Morgan fingerprint density at radius 2 is 1.74 bits per heavy atom. The highest BCUT2D eigenvalue weighted by Crippen LogP contribution is 2.23. The highest BCUT2D eigenvalue weighted by atomic mass is 32.2. The third-order valence-corrected chi connectivity index (χ3v) is 7.37. The van der Waals surface area contributed by atoms with Gasteiger partial charge < -0.3 is 15.4 Å². The number of sulfonamides is 1. The van der Waals surface area contributed by atoms with Crippen LogP contribution < -0.4 is 15.4 Å². The van der Waals surface area contributed by atoms with Gasteiger partial charge in [-0.1, -0.05) is 36.4 Å². The maximum absolute atomic E-state index is 12.8. The first-order valence-electron chi connectivity index (χ1n) is 10.7. The molecule has 7 nitrogen and oxygen atoms in total. The van der Waals surface area contributed by atoms with Crippen LogP contribution in [-0.2, 0) is 16.6 Å². The van der Waals surface area contributed by atoms with Gasteiger partial charge in [-0.05, 0) is 43.9 Å². The molecule has 168 valence electrons.